The third-order valence-electron chi connectivity index (χ3n) is 3.91. The quantitative estimate of drug-likeness (QED) is 0.699. The average molecular weight is 314 g/mol. The Labute approximate surface area is 139 Å². The van der Waals surface area contributed by atoms with Crippen LogP contribution in [-0.2, 0) is 0 Å². The third kappa shape index (κ3) is 3.67. The summed E-state index contributed by atoms with van der Waals surface area (Å²) in [6.45, 7) is 13.9. The predicted octanol–water partition coefficient (Wildman–Crippen LogP) is 5.39. The summed E-state index contributed by atoms with van der Waals surface area (Å²) in [5.74, 6) is -0.0881. The van der Waals surface area contributed by atoms with Crippen molar-refractivity contribution in [1.82, 2.24) is 4.90 Å². The highest BCUT2D eigenvalue weighted by molar-refractivity contribution is 8.04. The molecule has 2 nitrogen and oxygen atoms in total. The number of hydrogen-bond acceptors (Lipinski definition) is 3. The van der Waals surface area contributed by atoms with Crippen molar-refractivity contribution in [3.05, 3.63) is 46.7 Å². The fraction of sp³-hybridized carbons (Fsp3) is 0.526. The maximum absolute atomic E-state index is 9.22. The van der Waals surface area contributed by atoms with Crippen molar-refractivity contribution in [3.8, 4) is 6.07 Å². The zero-order valence-electron chi connectivity index (χ0n) is 14.1. The Bertz CT molecular complexity index is 587. The summed E-state index contributed by atoms with van der Waals surface area (Å²) in [6, 6.07) is 2.34. The molecule has 2 rings (SSSR count). The number of nitrogens with zero attached hydrogens (tertiary/aromatic N) is 2. The fourth-order valence-corrected chi connectivity index (χ4v) is 4.25. The highest BCUT2D eigenvalue weighted by Crippen LogP contribution is 2.46. The van der Waals surface area contributed by atoms with Gasteiger partial charge in [-0.15, -0.1) is 11.8 Å². The minimum Gasteiger partial charge on any atom is -0.339 e. The Morgan fingerprint density at radius 1 is 1.55 bits per heavy atom. The molecule has 2 aliphatic rings. The lowest BCUT2D eigenvalue weighted by Gasteiger charge is -2.43. The SMILES string of the molecule is C=C1CCC=C1N1CC(C)(C)SC(=C/CC)/C1=C\C(C)C#N. The van der Waals surface area contributed by atoms with Gasteiger partial charge < -0.3 is 4.90 Å². The highest BCUT2D eigenvalue weighted by Gasteiger charge is 2.35. The van der Waals surface area contributed by atoms with Crippen LogP contribution in [0, 0.1) is 17.2 Å². The molecule has 0 bridgehead atoms. The lowest BCUT2D eigenvalue weighted by atomic mass is 10.1. The monoisotopic (exact) mass is 314 g/mol. The van der Waals surface area contributed by atoms with Gasteiger partial charge in [0.25, 0.3) is 0 Å². The number of rotatable bonds is 3. The summed E-state index contributed by atoms with van der Waals surface area (Å²) in [7, 11) is 0. The van der Waals surface area contributed by atoms with E-state index >= 15 is 0 Å². The summed E-state index contributed by atoms with van der Waals surface area (Å²) >= 11 is 1.92. The maximum atomic E-state index is 9.22. The molecular weight excluding hydrogens is 288 g/mol. The van der Waals surface area contributed by atoms with Gasteiger partial charge in [-0.1, -0.05) is 25.7 Å². The van der Waals surface area contributed by atoms with Crippen LogP contribution in [0.3, 0.4) is 0 Å². The van der Waals surface area contributed by atoms with E-state index < -0.39 is 0 Å². The van der Waals surface area contributed by atoms with E-state index in [1.807, 2.05) is 18.7 Å². The van der Waals surface area contributed by atoms with Crippen molar-refractivity contribution in [2.75, 3.05) is 6.54 Å². The zero-order chi connectivity index (χ0) is 16.3. The third-order valence-corrected chi connectivity index (χ3v) is 5.18. The molecule has 1 unspecified atom stereocenters. The molecule has 0 aromatic heterocycles. The second-order valence-electron chi connectivity index (χ2n) is 6.63. The lowest BCUT2D eigenvalue weighted by Crippen LogP contribution is -2.40. The molecule has 0 N–H and O–H groups in total. The van der Waals surface area contributed by atoms with Crippen LogP contribution < -0.4 is 0 Å². The van der Waals surface area contributed by atoms with Gasteiger partial charge in [0, 0.05) is 21.9 Å². The van der Waals surface area contributed by atoms with E-state index in [-0.39, 0.29) is 10.7 Å². The van der Waals surface area contributed by atoms with Crippen molar-refractivity contribution in [1.29, 1.82) is 5.26 Å². The summed E-state index contributed by atoms with van der Waals surface area (Å²) in [6.07, 6.45) is 9.82. The lowest BCUT2D eigenvalue weighted by molar-refractivity contribution is 0.393. The number of hydrogen-bond donors (Lipinski definition) is 0. The van der Waals surface area contributed by atoms with Gasteiger partial charge in [0.1, 0.15) is 0 Å². The van der Waals surface area contributed by atoms with Crippen LogP contribution in [0.2, 0.25) is 0 Å². The van der Waals surface area contributed by atoms with E-state index in [0.29, 0.717) is 0 Å². The number of thioether (sulfide) groups is 1. The van der Waals surface area contributed by atoms with Gasteiger partial charge in [-0.2, -0.15) is 5.26 Å². The van der Waals surface area contributed by atoms with Crippen LogP contribution in [-0.4, -0.2) is 16.2 Å². The van der Waals surface area contributed by atoms with E-state index in [2.05, 4.69) is 56.5 Å². The predicted molar refractivity (Wildman–Crippen MR) is 96.1 cm³/mol. The van der Waals surface area contributed by atoms with Gasteiger partial charge in [-0.05, 0) is 51.7 Å². The summed E-state index contributed by atoms with van der Waals surface area (Å²) in [4.78, 5) is 3.68. The first kappa shape index (κ1) is 17.0. The largest absolute Gasteiger partial charge is 0.339 e. The second kappa shape index (κ2) is 6.79. The Hall–Kier alpha value is -1.40. The maximum Gasteiger partial charge on any atom is 0.0695 e. The van der Waals surface area contributed by atoms with Crippen molar-refractivity contribution in [2.24, 2.45) is 5.92 Å². The van der Waals surface area contributed by atoms with E-state index in [0.717, 1.165) is 25.8 Å². The molecule has 0 aromatic carbocycles. The van der Waals surface area contributed by atoms with Crippen LogP contribution >= 0.6 is 11.8 Å². The van der Waals surface area contributed by atoms with Crippen molar-refractivity contribution >= 4 is 11.8 Å². The molecule has 1 heterocycles. The average Bonchev–Trinajstić information content (AvgIpc) is 2.87. The first-order valence-corrected chi connectivity index (χ1v) is 8.86. The first-order chi connectivity index (χ1) is 10.4. The van der Waals surface area contributed by atoms with Gasteiger partial charge in [-0.25, -0.2) is 0 Å². The van der Waals surface area contributed by atoms with Gasteiger partial charge in [0.15, 0.2) is 0 Å². The molecule has 1 aliphatic carbocycles. The molecular formula is C19H26N2S. The Kier molecular flexibility index (Phi) is 5.24. The fourth-order valence-electron chi connectivity index (χ4n) is 2.93. The van der Waals surface area contributed by atoms with E-state index in [4.69, 9.17) is 0 Å². The Morgan fingerprint density at radius 3 is 2.82 bits per heavy atom. The van der Waals surface area contributed by atoms with Gasteiger partial charge in [-0.3, -0.25) is 0 Å². The topological polar surface area (TPSA) is 27.0 Å². The smallest absolute Gasteiger partial charge is 0.0695 e. The minimum atomic E-state index is -0.0881. The van der Waals surface area contributed by atoms with Crippen molar-refractivity contribution < 1.29 is 0 Å². The first-order valence-electron chi connectivity index (χ1n) is 8.04. The summed E-state index contributed by atoms with van der Waals surface area (Å²) < 4.78 is 0.151. The molecule has 1 saturated heterocycles. The summed E-state index contributed by atoms with van der Waals surface area (Å²) in [5, 5.41) is 9.22. The molecule has 0 saturated carbocycles. The molecule has 22 heavy (non-hydrogen) atoms. The normalized spacial score (nSPS) is 26.2. The molecule has 3 heteroatoms. The molecule has 1 atom stereocenters. The molecule has 0 amide bonds. The van der Waals surface area contributed by atoms with Crippen LogP contribution in [0.5, 0.6) is 0 Å². The number of nitriles is 1. The molecule has 0 spiro atoms. The highest BCUT2D eigenvalue weighted by atomic mass is 32.2. The van der Waals surface area contributed by atoms with Crippen LogP contribution in [0.4, 0.5) is 0 Å². The molecule has 0 radical (unpaired) electrons. The van der Waals surface area contributed by atoms with E-state index in [1.165, 1.54) is 21.9 Å². The van der Waals surface area contributed by atoms with Crippen LogP contribution in [0.1, 0.15) is 47.0 Å². The van der Waals surface area contributed by atoms with E-state index in [1.54, 1.807) is 0 Å². The van der Waals surface area contributed by atoms with Crippen molar-refractivity contribution in [2.45, 2.75) is 51.7 Å². The van der Waals surface area contributed by atoms with Gasteiger partial charge in [0.05, 0.1) is 17.7 Å². The Balaban J connectivity index is 2.49. The number of allylic oxidation sites excluding steroid dienone is 4. The van der Waals surface area contributed by atoms with Gasteiger partial charge >= 0.3 is 0 Å². The zero-order valence-corrected chi connectivity index (χ0v) is 15.0. The molecule has 118 valence electrons. The Morgan fingerprint density at radius 2 is 2.27 bits per heavy atom. The minimum absolute atomic E-state index is 0.0881. The summed E-state index contributed by atoms with van der Waals surface area (Å²) in [5.41, 5.74) is 3.66. The second-order valence-corrected chi connectivity index (χ2v) is 8.37. The van der Waals surface area contributed by atoms with Crippen LogP contribution in [0.25, 0.3) is 0 Å². The molecule has 1 aliphatic heterocycles. The van der Waals surface area contributed by atoms with Gasteiger partial charge in [0.2, 0.25) is 0 Å². The standard InChI is InChI=1S/C19H26N2S/c1-6-8-18-17(11-14(2)12-20)21(13-19(4,5)22-18)16-10-7-9-15(16)3/h8,10-11,14H,3,6-7,9,13H2,1-2,4-5H3/b17-11+,18-8+. The van der Waals surface area contributed by atoms with Crippen LogP contribution in [0.15, 0.2) is 46.7 Å². The van der Waals surface area contributed by atoms with Crippen molar-refractivity contribution in [3.63, 3.8) is 0 Å². The molecule has 1 fully saturated rings. The molecule has 0 aromatic rings. The van der Waals surface area contributed by atoms with E-state index in [9.17, 15) is 5.26 Å².